The van der Waals surface area contributed by atoms with E-state index in [0.29, 0.717) is 0 Å². The Bertz CT molecular complexity index is 221. The van der Waals surface area contributed by atoms with Crippen molar-refractivity contribution in [3.05, 3.63) is 0 Å². The van der Waals surface area contributed by atoms with Gasteiger partial charge in [-0.2, -0.15) is 0 Å². The Kier molecular flexibility index (Phi) is 7.21. The van der Waals surface area contributed by atoms with Crippen LogP contribution in [0, 0.1) is 0 Å². The summed E-state index contributed by atoms with van der Waals surface area (Å²) >= 11 is 0. The zero-order valence-corrected chi connectivity index (χ0v) is 11.0. The molecule has 0 saturated carbocycles. The van der Waals surface area contributed by atoms with E-state index in [4.69, 9.17) is 5.11 Å². The van der Waals surface area contributed by atoms with Gasteiger partial charge in [0.1, 0.15) is 0 Å². The average Bonchev–Trinajstić information content (AvgIpc) is 2.30. The van der Waals surface area contributed by atoms with Crippen molar-refractivity contribution in [1.82, 2.24) is 10.2 Å². The molecule has 100 valence electrons. The second kappa shape index (κ2) is 8.48. The second-order valence-corrected chi connectivity index (χ2v) is 4.98. The van der Waals surface area contributed by atoms with E-state index < -0.39 is 5.97 Å². The average molecular weight is 242 g/mol. The molecule has 1 aliphatic heterocycles. The number of aliphatic carboxylic acids is 1. The Morgan fingerprint density at radius 2 is 2.12 bits per heavy atom. The van der Waals surface area contributed by atoms with Crippen LogP contribution < -0.4 is 5.32 Å². The number of nitrogens with zero attached hydrogens (tertiary/aromatic N) is 1. The summed E-state index contributed by atoms with van der Waals surface area (Å²) in [5.41, 5.74) is 0. The highest BCUT2D eigenvalue weighted by atomic mass is 16.4. The molecule has 1 unspecified atom stereocenters. The number of hydrogen-bond acceptors (Lipinski definition) is 3. The first-order valence-electron chi connectivity index (χ1n) is 6.86. The minimum absolute atomic E-state index is 0.274. The van der Waals surface area contributed by atoms with Crippen LogP contribution in [0.1, 0.15) is 45.4 Å². The molecule has 1 fully saturated rings. The van der Waals surface area contributed by atoms with Crippen molar-refractivity contribution < 1.29 is 9.90 Å². The Morgan fingerprint density at radius 1 is 1.35 bits per heavy atom. The van der Waals surface area contributed by atoms with Gasteiger partial charge in [0.15, 0.2) is 0 Å². The van der Waals surface area contributed by atoms with Crippen LogP contribution in [0.3, 0.4) is 0 Å². The molecule has 1 atom stereocenters. The van der Waals surface area contributed by atoms with Crippen LogP contribution >= 0.6 is 0 Å². The van der Waals surface area contributed by atoms with Crippen molar-refractivity contribution in [2.45, 2.75) is 51.5 Å². The van der Waals surface area contributed by atoms with E-state index in [2.05, 4.69) is 17.1 Å². The Morgan fingerprint density at radius 3 is 2.82 bits per heavy atom. The van der Waals surface area contributed by atoms with Gasteiger partial charge in [-0.15, -0.1) is 0 Å². The van der Waals surface area contributed by atoms with Gasteiger partial charge in [0.25, 0.3) is 0 Å². The van der Waals surface area contributed by atoms with Crippen molar-refractivity contribution >= 4 is 5.97 Å². The topological polar surface area (TPSA) is 52.6 Å². The van der Waals surface area contributed by atoms with Gasteiger partial charge < -0.3 is 15.3 Å². The third-order valence-electron chi connectivity index (χ3n) is 3.48. The molecule has 0 aliphatic carbocycles. The first kappa shape index (κ1) is 14.5. The van der Waals surface area contributed by atoms with Gasteiger partial charge >= 0.3 is 5.97 Å². The zero-order valence-electron chi connectivity index (χ0n) is 11.0. The summed E-state index contributed by atoms with van der Waals surface area (Å²) in [7, 11) is 0. The van der Waals surface area contributed by atoms with Crippen LogP contribution in [0.2, 0.25) is 0 Å². The molecule has 0 aromatic rings. The fourth-order valence-electron chi connectivity index (χ4n) is 2.39. The first-order chi connectivity index (χ1) is 8.20. The lowest BCUT2D eigenvalue weighted by atomic mass is 10.0. The van der Waals surface area contributed by atoms with Crippen LogP contribution in [0.4, 0.5) is 0 Å². The van der Waals surface area contributed by atoms with Crippen LogP contribution in [0.15, 0.2) is 0 Å². The number of nitrogens with one attached hydrogen (secondary N) is 1. The van der Waals surface area contributed by atoms with Gasteiger partial charge in [0.05, 0.1) is 0 Å². The van der Waals surface area contributed by atoms with Crippen LogP contribution in [-0.2, 0) is 4.79 Å². The molecule has 0 aromatic heterocycles. The number of carbonyl (C=O) groups is 1. The van der Waals surface area contributed by atoms with Crippen molar-refractivity contribution in [1.29, 1.82) is 0 Å². The van der Waals surface area contributed by atoms with E-state index >= 15 is 0 Å². The van der Waals surface area contributed by atoms with E-state index in [-0.39, 0.29) is 6.42 Å². The van der Waals surface area contributed by atoms with E-state index in [1.165, 1.54) is 32.4 Å². The number of piperidine rings is 1. The van der Waals surface area contributed by atoms with Gasteiger partial charge in [-0.05, 0) is 58.8 Å². The predicted molar refractivity (Wildman–Crippen MR) is 69.2 cm³/mol. The summed E-state index contributed by atoms with van der Waals surface area (Å²) in [5.74, 6) is -0.700. The lowest BCUT2D eigenvalue weighted by molar-refractivity contribution is -0.137. The summed E-state index contributed by atoms with van der Waals surface area (Å²) in [6.07, 6.45) is 6.23. The van der Waals surface area contributed by atoms with Gasteiger partial charge in [0, 0.05) is 12.5 Å². The van der Waals surface area contributed by atoms with E-state index in [1.807, 2.05) is 0 Å². The minimum atomic E-state index is -0.700. The number of carboxylic acids is 1. The maximum atomic E-state index is 10.3. The van der Waals surface area contributed by atoms with E-state index in [9.17, 15) is 4.79 Å². The molecule has 1 saturated heterocycles. The molecular formula is C13H26N2O2. The fraction of sp³-hybridized carbons (Fsp3) is 0.923. The number of hydrogen-bond donors (Lipinski definition) is 2. The molecule has 4 heteroatoms. The Labute approximate surface area is 104 Å². The Hall–Kier alpha value is -0.610. The van der Waals surface area contributed by atoms with Crippen molar-refractivity contribution in [2.75, 3.05) is 26.2 Å². The lowest BCUT2D eigenvalue weighted by Gasteiger charge is -2.33. The fourth-order valence-corrected chi connectivity index (χ4v) is 2.39. The van der Waals surface area contributed by atoms with E-state index in [1.54, 1.807) is 0 Å². The molecule has 0 amide bonds. The summed E-state index contributed by atoms with van der Waals surface area (Å²) in [4.78, 5) is 12.9. The van der Waals surface area contributed by atoms with Crippen molar-refractivity contribution in [2.24, 2.45) is 0 Å². The molecular weight excluding hydrogens is 216 g/mol. The number of carboxylic acid groups (broad SMARTS) is 1. The third-order valence-corrected chi connectivity index (χ3v) is 3.48. The van der Waals surface area contributed by atoms with Crippen LogP contribution in [0.25, 0.3) is 0 Å². The first-order valence-corrected chi connectivity index (χ1v) is 6.86. The summed E-state index contributed by atoms with van der Waals surface area (Å²) in [5, 5.41) is 11.8. The second-order valence-electron chi connectivity index (χ2n) is 4.98. The smallest absolute Gasteiger partial charge is 0.303 e. The van der Waals surface area contributed by atoms with Crippen molar-refractivity contribution in [3.63, 3.8) is 0 Å². The number of likely N-dealkylation sites (tertiary alicyclic amines) is 1. The third kappa shape index (κ3) is 6.64. The quantitative estimate of drug-likeness (QED) is 0.636. The molecule has 1 aliphatic rings. The van der Waals surface area contributed by atoms with Crippen LogP contribution in [0.5, 0.6) is 0 Å². The maximum Gasteiger partial charge on any atom is 0.303 e. The molecule has 0 spiro atoms. The Balaban J connectivity index is 1.91. The molecule has 0 radical (unpaired) electrons. The van der Waals surface area contributed by atoms with E-state index in [0.717, 1.165) is 32.0 Å². The highest BCUT2D eigenvalue weighted by Crippen LogP contribution is 2.15. The molecule has 17 heavy (non-hydrogen) atoms. The summed E-state index contributed by atoms with van der Waals surface area (Å²) < 4.78 is 0. The summed E-state index contributed by atoms with van der Waals surface area (Å²) in [6, 6.07) is 0.746. The largest absolute Gasteiger partial charge is 0.481 e. The van der Waals surface area contributed by atoms with Crippen LogP contribution in [-0.4, -0.2) is 48.2 Å². The van der Waals surface area contributed by atoms with Crippen molar-refractivity contribution in [3.8, 4) is 0 Å². The molecule has 1 heterocycles. The normalized spacial score (nSPS) is 21.6. The van der Waals surface area contributed by atoms with Gasteiger partial charge in [-0.1, -0.05) is 6.42 Å². The monoisotopic (exact) mass is 242 g/mol. The van der Waals surface area contributed by atoms with Gasteiger partial charge in [-0.3, -0.25) is 4.79 Å². The minimum Gasteiger partial charge on any atom is -0.481 e. The molecule has 0 bridgehead atoms. The summed E-state index contributed by atoms with van der Waals surface area (Å²) in [6.45, 7) is 6.57. The predicted octanol–water partition coefficient (Wildman–Crippen LogP) is 1.71. The SMILES string of the molecule is CC1CCCCN1CCCNCCCC(=O)O. The highest BCUT2D eigenvalue weighted by Gasteiger charge is 2.16. The lowest BCUT2D eigenvalue weighted by Crippen LogP contribution is -2.38. The molecule has 1 rings (SSSR count). The highest BCUT2D eigenvalue weighted by molar-refractivity contribution is 5.66. The zero-order chi connectivity index (χ0) is 12.5. The standard InChI is InChI=1S/C13H26N2O2/c1-12-6-2-3-10-15(12)11-5-9-14-8-4-7-13(16)17/h12,14H,2-11H2,1H3,(H,16,17). The maximum absolute atomic E-state index is 10.3. The number of rotatable bonds is 8. The molecule has 0 aromatic carbocycles. The van der Waals surface area contributed by atoms with Gasteiger partial charge in [-0.25, -0.2) is 0 Å². The van der Waals surface area contributed by atoms with Gasteiger partial charge in [0.2, 0.25) is 0 Å². The molecule has 2 N–H and O–H groups in total. The molecule has 4 nitrogen and oxygen atoms in total.